The normalized spacial score (nSPS) is 16.1. The van der Waals surface area contributed by atoms with Crippen LogP contribution in [0.15, 0.2) is 48.5 Å². The van der Waals surface area contributed by atoms with E-state index in [1.165, 1.54) is 49.6 Å². The van der Waals surface area contributed by atoms with Gasteiger partial charge in [0.15, 0.2) is 0 Å². The Hall–Kier alpha value is -2.34. The zero-order valence-electron chi connectivity index (χ0n) is 17.4. The molecule has 0 aromatic heterocycles. The molecule has 0 saturated carbocycles. The molecule has 160 valence electrons. The van der Waals surface area contributed by atoms with Crippen molar-refractivity contribution in [1.29, 1.82) is 0 Å². The number of unbranched alkanes of at least 4 members (excludes halogenated alkanes) is 5. The van der Waals surface area contributed by atoms with Gasteiger partial charge in [0.1, 0.15) is 11.2 Å². The lowest BCUT2D eigenvalue weighted by atomic mass is 10.1. The van der Waals surface area contributed by atoms with E-state index >= 15 is 0 Å². The molecule has 1 saturated heterocycles. The maximum atomic E-state index is 13.3. The SMILES string of the molecule is CCCCCCCCC(=O)Nc1cccc(C2SCC(=O)N2c2ccc(F)cc2)c1. The summed E-state index contributed by atoms with van der Waals surface area (Å²) in [6.07, 6.45) is 7.41. The second-order valence-corrected chi connectivity index (χ2v) is 8.66. The lowest BCUT2D eigenvalue weighted by Crippen LogP contribution is -2.27. The van der Waals surface area contributed by atoms with Crippen LogP contribution >= 0.6 is 11.8 Å². The molecule has 1 atom stereocenters. The highest BCUT2D eigenvalue weighted by Gasteiger charge is 2.34. The third kappa shape index (κ3) is 6.08. The highest BCUT2D eigenvalue weighted by Crippen LogP contribution is 2.42. The van der Waals surface area contributed by atoms with E-state index in [0.29, 0.717) is 17.9 Å². The first-order chi connectivity index (χ1) is 14.6. The van der Waals surface area contributed by atoms with Crippen LogP contribution in [0, 0.1) is 5.82 Å². The molecule has 1 aliphatic heterocycles. The van der Waals surface area contributed by atoms with E-state index in [4.69, 9.17) is 0 Å². The van der Waals surface area contributed by atoms with Crippen LogP contribution in [0.5, 0.6) is 0 Å². The number of halogens is 1. The smallest absolute Gasteiger partial charge is 0.238 e. The van der Waals surface area contributed by atoms with Crippen molar-refractivity contribution < 1.29 is 14.0 Å². The van der Waals surface area contributed by atoms with Gasteiger partial charge in [0.2, 0.25) is 11.8 Å². The molecule has 1 N–H and O–H groups in total. The fourth-order valence-electron chi connectivity index (χ4n) is 3.61. The Morgan fingerprint density at radius 1 is 1.10 bits per heavy atom. The molecule has 30 heavy (non-hydrogen) atoms. The number of nitrogens with zero attached hydrogens (tertiary/aromatic N) is 1. The topological polar surface area (TPSA) is 49.4 Å². The van der Waals surface area contributed by atoms with Crippen molar-refractivity contribution >= 4 is 35.0 Å². The van der Waals surface area contributed by atoms with E-state index in [2.05, 4.69) is 12.2 Å². The fraction of sp³-hybridized carbons (Fsp3) is 0.417. The minimum absolute atomic E-state index is 0.00544. The van der Waals surface area contributed by atoms with E-state index in [1.54, 1.807) is 17.0 Å². The Labute approximate surface area is 182 Å². The average Bonchev–Trinajstić information content (AvgIpc) is 3.13. The van der Waals surface area contributed by atoms with Gasteiger partial charge in [-0.15, -0.1) is 11.8 Å². The largest absolute Gasteiger partial charge is 0.326 e. The first kappa shape index (κ1) is 22.3. The van der Waals surface area contributed by atoms with Crippen LogP contribution in [0.3, 0.4) is 0 Å². The zero-order valence-corrected chi connectivity index (χ0v) is 18.2. The van der Waals surface area contributed by atoms with E-state index in [1.807, 2.05) is 24.3 Å². The summed E-state index contributed by atoms with van der Waals surface area (Å²) in [5.41, 5.74) is 2.35. The molecular formula is C24H29FN2O2S. The number of benzene rings is 2. The number of hydrogen-bond acceptors (Lipinski definition) is 3. The molecule has 0 radical (unpaired) electrons. The summed E-state index contributed by atoms with van der Waals surface area (Å²) in [5.74, 6) is 0.0587. The summed E-state index contributed by atoms with van der Waals surface area (Å²) in [4.78, 5) is 26.4. The number of anilines is 2. The fourth-order valence-corrected chi connectivity index (χ4v) is 4.78. The number of amides is 2. The molecule has 4 nitrogen and oxygen atoms in total. The summed E-state index contributed by atoms with van der Waals surface area (Å²) < 4.78 is 13.3. The maximum absolute atomic E-state index is 13.3. The third-order valence-corrected chi connectivity index (χ3v) is 6.40. The first-order valence-electron chi connectivity index (χ1n) is 10.7. The minimum Gasteiger partial charge on any atom is -0.326 e. The number of nitrogens with one attached hydrogen (secondary N) is 1. The van der Waals surface area contributed by atoms with E-state index in [0.717, 1.165) is 24.1 Å². The standard InChI is InChI=1S/C24H29FN2O2S/c1-2-3-4-5-6-7-11-22(28)26-20-10-8-9-18(16-20)24-27(23(29)17-30-24)21-14-12-19(25)13-15-21/h8-10,12-16,24H,2-7,11,17H2,1H3,(H,26,28). The molecule has 2 aromatic rings. The highest BCUT2D eigenvalue weighted by atomic mass is 32.2. The lowest BCUT2D eigenvalue weighted by Gasteiger charge is -2.24. The summed E-state index contributed by atoms with van der Waals surface area (Å²) >= 11 is 1.53. The molecule has 6 heteroatoms. The summed E-state index contributed by atoms with van der Waals surface area (Å²) in [6.45, 7) is 2.19. The number of carbonyl (C=O) groups excluding carboxylic acids is 2. The van der Waals surface area contributed by atoms with Crippen molar-refractivity contribution in [3.05, 3.63) is 59.9 Å². The predicted molar refractivity (Wildman–Crippen MR) is 122 cm³/mol. The molecule has 0 bridgehead atoms. The van der Waals surface area contributed by atoms with Gasteiger partial charge in [0.05, 0.1) is 5.75 Å². The van der Waals surface area contributed by atoms with Gasteiger partial charge in [-0.25, -0.2) is 4.39 Å². The monoisotopic (exact) mass is 428 g/mol. The van der Waals surface area contributed by atoms with Crippen molar-refractivity contribution in [3.63, 3.8) is 0 Å². The van der Waals surface area contributed by atoms with E-state index in [-0.39, 0.29) is 23.0 Å². The first-order valence-corrected chi connectivity index (χ1v) is 11.7. The van der Waals surface area contributed by atoms with Crippen molar-refractivity contribution in [2.75, 3.05) is 16.0 Å². The number of rotatable bonds is 10. The van der Waals surface area contributed by atoms with Crippen molar-refractivity contribution in [2.45, 2.75) is 57.2 Å². The van der Waals surface area contributed by atoms with Gasteiger partial charge in [0, 0.05) is 17.8 Å². The Morgan fingerprint density at radius 3 is 2.60 bits per heavy atom. The molecule has 0 spiro atoms. The molecule has 2 amide bonds. The van der Waals surface area contributed by atoms with Crippen molar-refractivity contribution in [2.24, 2.45) is 0 Å². The molecule has 1 unspecified atom stereocenters. The van der Waals surface area contributed by atoms with Crippen LogP contribution in [0.2, 0.25) is 0 Å². The van der Waals surface area contributed by atoms with Gasteiger partial charge in [-0.05, 0) is 48.4 Å². The van der Waals surface area contributed by atoms with Gasteiger partial charge >= 0.3 is 0 Å². The second-order valence-electron chi connectivity index (χ2n) is 7.59. The summed E-state index contributed by atoms with van der Waals surface area (Å²) in [6, 6.07) is 13.6. The van der Waals surface area contributed by atoms with Crippen LogP contribution in [0.25, 0.3) is 0 Å². The van der Waals surface area contributed by atoms with E-state index in [9.17, 15) is 14.0 Å². The second kappa shape index (κ2) is 11.2. The molecule has 2 aromatic carbocycles. The van der Waals surface area contributed by atoms with E-state index < -0.39 is 0 Å². The zero-order chi connectivity index (χ0) is 21.3. The Balaban J connectivity index is 1.61. The Morgan fingerprint density at radius 2 is 1.83 bits per heavy atom. The molecule has 1 heterocycles. The van der Waals surface area contributed by atoms with Gasteiger partial charge in [-0.1, -0.05) is 51.2 Å². The molecule has 3 rings (SSSR count). The quantitative estimate of drug-likeness (QED) is 0.452. The Bertz CT molecular complexity index is 857. The lowest BCUT2D eigenvalue weighted by molar-refractivity contribution is -0.117. The number of hydrogen-bond donors (Lipinski definition) is 1. The van der Waals surface area contributed by atoms with Crippen molar-refractivity contribution in [3.8, 4) is 0 Å². The summed E-state index contributed by atoms with van der Waals surface area (Å²) in [5, 5.41) is 2.78. The molecule has 1 fully saturated rings. The molecule has 1 aliphatic rings. The van der Waals surface area contributed by atoms with Crippen molar-refractivity contribution in [1.82, 2.24) is 0 Å². The van der Waals surface area contributed by atoms with Gasteiger partial charge in [-0.3, -0.25) is 14.5 Å². The number of thioether (sulfide) groups is 1. The average molecular weight is 429 g/mol. The number of carbonyl (C=O) groups is 2. The van der Waals surface area contributed by atoms with Gasteiger partial charge < -0.3 is 5.32 Å². The Kier molecular flexibility index (Phi) is 8.31. The highest BCUT2D eigenvalue weighted by molar-refractivity contribution is 8.00. The van der Waals surface area contributed by atoms with Crippen LogP contribution in [-0.2, 0) is 9.59 Å². The van der Waals surface area contributed by atoms with Gasteiger partial charge in [-0.2, -0.15) is 0 Å². The third-order valence-electron chi connectivity index (χ3n) is 5.19. The predicted octanol–water partition coefficient (Wildman–Crippen LogP) is 6.29. The molecular weight excluding hydrogens is 399 g/mol. The van der Waals surface area contributed by atoms with Crippen LogP contribution in [0.1, 0.15) is 62.8 Å². The summed E-state index contributed by atoms with van der Waals surface area (Å²) in [7, 11) is 0. The molecule has 0 aliphatic carbocycles. The van der Waals surface area contributed by atoms with Crippen LogP contribution in [-0.4, -0.2) is 17.6 Å². The maximum Gasteiger partial charge on any atom is 0.238 e. The van der Waals surface area contributed by atoms with Gasteiger partial charge in [0.25, 0.3) is 0 Å². The van der Waals surface area contributed by atoms with Crippen LogP contribution < -0.4 is 10.2 Å². The minimum atomic E-state index is -0.329. The van der Waals surface area contributed by atoms with Crippen LogP contribution in [0.4, 0.5) is 15.8 Å².